The molecule has 0 aromatic carbocycles. The monoisotopic (exact) mass is 183 g/mol. The van der Waals surface area contributed by atoms with Gasteiger partial charge in [-0.25, -0.2) is 0 Å². The van der Waals surface area contributed by atoms with E-state index in [1.54, 1.807) is 4.90 Å². The number of aliphatic hydroxyl groups excluding tert-OH is 1. The van der Waals surface area contributed by atoms with E-state index in [9.17, 15) is 13.2 Å². The van der Waals surface area contributed by atoms with E-state index in [0.29, 0.717) is 13.1 Å². The Morgan fingerprint density at radius 1 is 1.25 bits per heavy atom. The highest BCUT2D eigenvalue weighted by Gasteiger charge is 2.40. The smallest absolute Gasteiger partial charge is 0.381 e. The normalized spacial score (nSPS) is 23.0. The van der Waals surface area contributed by atoms with Gasteiger partial charge in [-0.2, -0.15) is 13.2 Å². The summed E-state index contributed by atoms with van der Waals surface area (Å²) < 4.78 is 36.3. The molecule has 0 aliphatic carbocycles. The van der Waals surface area contributed by atoms with Gasteiger partial charge in [0.15, 0.2) is 0 Å². The second kappa shape index (κ2) is 3.62. The van der Waals surface area contributed by atoms with Crippen molar-refractivity contribution in [3.63, 3.8) is 0 Å². The van der Waals surface area contributed by atoms with Gasteiger partial charge in [0.2, 0.25) is 0 Å². The molecule has 1 rings (SSSR count). The Morgan fingerprint density at radius 2 is 1.75 bits per heavy atom. The molecule has 0 atom stereocenters. The van der Waals surface area contributed by atoms with Crippen molar-refractivity contribution in [3.05, 3.63) is 0 Å². The summed E-state index contributed by atoms with van der Waals surface area (Å²) in [6.45, 7) is 0.561. The van der Waals surface area contributed by atoms with Crippen molar-refractivity contribution >= 4 is 0 Å². The van der Waals surface area contributed by atoms with Crippen molar-refractivity contribution in [3.8, 4) is 0 Å². The van der Waals surface area contributed by atoms with Gasteiger partial charge in [-0.05, 0) is 12.8 Å². The Kier molecular flexibility index (Phi) is 2.95. The van der Waals surface area contributed by atoms with Gasteiger partial charge < -0.3 is 5.11 Å². The summed E-state index contributed by atoms with van der Waals surface area (Å²) in [4.78, 5) is 1.61. The fraction of sp³-hybridized carbons (Fsp3) is 1.00. The second-order valence-corrected chi connectivity index (χ2v) is 3.08. The Morgan fingerprint density at radius 3 is 2.08 bits per heavy atom. The van der Waals surface area contributed by atoms with Crippen LogP contribution < -0.4 is 0 Å². The molecule has 0 radical (unpaired) electrons. The minimum atomic E-state index is -4.05. The quantitative estimate of drug-likeness (QED) is 0.660. The zero-order chi connectivity index (χ0) is 9.19. The van der Waals surface area contributed by atoms with Crippen molar-refractivity contribution in [1.29, 1.82) is 0 Å². The Bertz CT molecular complexity index is 140. The Labute approximate surface area is 69.0 Å². The highest BCUT2D eigenvalue weighted by molar-refractivity contribution is 4.75. The molecule has 2 nitrogen and oxygen atoms in total. The molecule has 1 N–H and O–H groups in total. The van der Waals surface area contributed by atoms with Gasteiger partial charge in [-0.1, -0.05) is 0 Å². The molecule has 5 heteroatoms. The predicted octanol–water partition coefficient (Wildman–Crippen LogP) is 1.21. The second-order valence-electron chi connectivity index (χ2n) is 3.08. The number of rotatable bonds is 1. The maximum Gasteiger partial charge on any atom is 0.391 e. The van der Waals surface area contributed by atoms with Crippen molar-refractivity contribution in [2.75, 3.05) is 19.8 Å². The molecule has 0 aromatic rings. The van der Waals surface area contributed by atoms with Gasteiger partial charge in [0.1, 0.15) is 0 Å². The van der Waals surface area contributed by atoms with Gasteiger partial charge in [-0.15, -0.1) is 0 Å². The van der Waals surface area contributed by atoms with Crippen LogP contribution in [0.2, 0.25) is 0 Å². The molecule has 0 saturated carbocycles. The van der Waals surface area contributed by atoms with E-state index in [1.165, 1.54) is 0 Å². The molecule has 0 aromatic heterocycles. The van der Waals surface area contributed by atoms with Crippen LogP contribution in [0.15, 0.2) is 0 Å². The van der Waals surface area contributed by atoms with Crippen LogP contribution in [0.25, 0.3) is 0 Å². The van der Waals surface area contributed by atoms with E-state index >= 15 is 0 Å². The highest BCUT2D eigenvalue weighted by Crippen LogP contribution is 2.33. The third-order valence-corrected chi connectivity index (χ3v) is 2.25. The van der Waals surface area contributed by atoms with E-state index in [1.807, 2.05) is 0 Å². The first-order chi connectivity index (χ1) is 5.54. The molecule has 1 saturated heterocycles. The van der Waals surface area contributed by atoms with Gasteiger partial charge in [0, 0.05) is 13.1 Å². The molecule has 1 aliphatic heterocycles. The minimum absolute atomic E-state index is 0.115. The van der Waals surface area contributed by atoms with E-state index in [4.69, 9.17) is 5.11 Å². The zero-order valence-corrected chi connectivity index (χ0v) is 6.64. The van der Waals surface area contributed by atoms with E-state index < -0.39 is 12.1 Å². The predicted molar refractivity (Wildman–Crippen MR) is 37.4 cm³/mol. The lowest BCUT2D eigenvalue weighted by atomic mass is 9.97. The lowest BCUT2D eigenvalue weighted by Gasteiger charge is -2.31. The van der Waals surface area contributed by atoms with Crippen LogP contribution in [0, 0.1) is 5.92 Å². The summed E-state index contributed by atoms with van der Waals surface area (Å²) in [6, 6.07) is 0. The van der Waals surface area contributed by atoms with Crippen molar-refractivity contribution in [2.24, 2.45) is 5.92 Å². The SMILES string of the molecule is OCN1CCC(C(F)(F)F)CC1. The summed E-state index contributed by atoms with van der Waals surface area (Å²) in [5.41, 5.74) is 0. The number of hydrogen-bond donors (Lipinski definition) is 1. The summed E-state index contributed by atoms with van der Waals surface area (Å²) in [7, 11) is 0. The summed E-state index contributed by atoms with van der Waals surface area (Å²) in [6.07, 6.45) is -3.82. The first kappa shape index (κ1) is 9.80. The maximum atomic E-state index is 12.1. The van der Waals surface area contributed by atoms with Crippen LogP contribution in [0.4, 0.5) is 13.2 Å². The molecule has 1 heterocycles. The number of hydrogen-bond acceptors (Lipinski definition) is 2. The number of alkyl halides is 3. The van der Waals surface area contributed by atoms with Crippen LogP contribution in [0.5, 0.6) is 0 Å². The van der Waals surface area contributed by atoms with Crippen LogP contribution >= 0.6 is 0 Å². The largest absolute Gasteiger partial charge is 0.391 e. The van der Waals surface area contributed by atoms with Crippen LogP contribution in [-0.2, 0) is 0 Å². The van der Waals surface area contributed by atoms with E-state index in [-0.39, 0.29) is 19.6 Å². The Balaban J connectivity index is 2.36. The molecule has 0 amide bonds. The fourth-order valence-corrected chi connectivity index (χ4v) is 1.40. The Hall–Kier alpha value is -0.290. The van der Waals surface area contributed by atoms with Crippen molar-refractivity contribution < 1.29 is 18.3 Å². The van der Waals surface area contributed by atoms with Crippen LogP contribution in [0.1, 0.15) is 12.8 Å². The average molecular weight is 183 g/mol. The maximum absolute atomic E-state index is 12.1. The molecule has 1 aliphatic rings. The van der Waals surface area contributed by atoms with Gasteiger partial charge in [0.05, 0.1) is 12.6 Å². The number of aliphatic hydroxyl groups is 1. The average Bonchev–Trinajstić information content (AvgIpc) is 2.03. The topological polar surface area (TPSA) is 23.5 Å². The fourth-order valence-electron chi connectivity index (χ4n) is 1.40. The summed E-state index contributed by atoms with van der Waals surface area (Å²) >= 11 is 0. The zero-order valence-electron chi connectivity index (χ0n) is 6.64. The molecule has 0 spiro atoms. The molecule has 72 valence electrons. The van der Waals surface area contributed by atoms with Crippen molar-refractivity contribution in [1.82, 2.24) is 4.90 Å². The van der Waals surface area contributed by atoms with E-state index in [0.717, 1.165) is 0 Å². The molecule has 0 bridgehead atoms. The van der Waals surface area contributed by atoms with Crippen LogP contribution in [-0.4, -0.2) is 36.0 Å². The number of nitrogens with zero attached hydrogens (tertiary/aromatic N) is 1. The first-order valence-corrected chi connectivity index (χ1v) is 3.94. The number of halogens is 3. The third kappa shape index (κ3) is 2.35. The van der Waals surface area contributed by atoms with Crippen molar-refractivity contribution in [2.45, 2.75) is 19.0 Å². The van der Waals surface area contributed by atoms with Gasteiger partial charge >= 0.3 is 6.18 Å². The first-order valence-electron chi connectivity index (χ1n) is 3.94. The molecule has 0 unspecified atom stereocenters. The number of piperidine rings is 1. The highest BCUT2D eigenvalue weighted by atomic mass is 19.4. The lowest BCUT2D eigenvalue weighted by molar-refractivity contribution is -0.186. The van der Waals surface area contributed by atoms with E-state index in [2.05, 4.69) is 0 Å². The van der Waals surface area contributed by atoms with Crippen LogP contribution in [0.3, 0.4) is 0 Å². The third-order valence-electron chi connectivity index (χ3n) is 2.25. The molecular formula is C7H12F3NO. The standard InChI is InChI=1S/C7H12F3NO/c8-7(9,10)6-1-3-11(5-12)4-2-6/h6,12H,1-5H2. The molecule has 1 fully saturated rings. The molecule has 12 heavy (non-hydrogen) atoms. The summed E-state index contributed by atoms with van der Waals surface area (Å²) in [5.74, 6) is -1.17. The molecular weight excluding hydrogens is 171 g/mol. The minimum Gasteiger partial charge on any atom is -0.381 e. The number of likely N-dealkylation sites (tertiary alicyclic amines) is 1. The van der Waals surface area contributed by atoms with Gasteiger partial charge in [-0.3, -0.25) is 4.90 Å². The van der Waals surface area contributed by atoms with Gasteiger partial charge in [0.25, 0.3) is 0 Å². The summed E-state index contributed by atoms with van der Waals surface area (Å²) in [5, 5.41) is 8.62. The lowest BCUT2D eigenvalue weighted by Crippen LogP contribution is -2.39.